The molecule has 0 unspecified atom stereocenters. The van der Waals surface area contributed by atoms with Crippen molar-refractivity contribution in [3.8, 4) is 0 Å². The fraction of sp³-hybridized carbons (Fsp3) is 0.476. The zero-order chi connectivity index (χ0) is 20.6. The Bertz CT molecular complexity index is 964. The number of nitrogens with one attached hydrogen (secondary N) is 3. The second kappa shape index (κ2) is 12.2. The average Bonchev–Trinajstić information content (AvgIpc) is 3.27. The average molecular weight is 542 g/mol. The number of nitrogens with zero attached hydrogens (tertiary/aromatic N) is 4. The number of aryl methyl sites for hydroxylation is 2. The van der Waals surface area contributed by atoms with Crippen LogP contribution in [0.2, 0.25) is 0 Å². The van der Waals surface area contributed by atoms with E-state index in [-0.39, 0.29) is 24.0 Å². The molecule has 0 spiro atoms. The van der Waals surface area contributed by atoms with Crippen LogP contribution in [-0.4, -0.2) is 50.8 Å². The molecule has 0 amide bonds. The third-order valence-corrected chi connectivity index (χ3v) is 5.77. The highest BCUT2D eigenvalue weighted by atomic mass is 127. The third-order valence-electron chi connectivity index (χ3n) is 5.08. The standard InChI is InChI=1S/C21H31N7S.HI/c1-15-7-5-8-18-17(13-24-20(15)18)9-11-23-21(22-10-6-12-29-4)25-14-19-27-26-16(2)28(19)3;/h5,7-8,13,24H,6,9-12,14H2,1-4H3,(H2,22,23,25);1H. The van der Waals surface area contributed by atoms with Gasteiger partial charge in [-0.05, 0) is 49.8 Å². The van der Waals surface area contributed by atoms with Crippen LogP contribution in [-0.2, 0) is 20.0 Å². The first-order valence-electron chi connectivity index (χ1n) is 10.0. The molecule has 3 rings (SSSR count). The van der Waals surface area contributed by atoms with E-state index in [0.29, 0.717) is 6.54 Å². The molecule has 1 aromatic carbocycles. The number of rotatable bonds is 9. The van der Waals surface area contributed by atoms with Gasteiger partial charge in [-0.25, -0.2) is 4.99 Å². The summed E-state index contributed by atoms with van der Waals surface area (Å²) in [6, 6.07) is 6.43. The summed E-state index contributed by atoms with van der Waals surface area (Å²) in [4.78, 5) is 8.12. The Kier molecular flexibility index (Phi) is 9.96. The van der Waals surface area contributed by atoms with Crippen molar-refractivity contribution < 1.29 is 0 Å². The number of aromatic amines is 1. The molecule has 0 aliphatic rings. The Morgan fingerprint density at radius 3 is 2.73 bits per heavy atom. The van der Waals surface area contributed by atoms with Crippen LogP contribution in [0, 0.1) is 13.8 Å². The van der Waals surface area contributed by atoms with Gasteiger partial charge in [-0.1, -0.05) is 18.2 Å². The lowest BCUT2D eigenvalue weighted by molar-refractivity contribution is 0.743. The quantitative estimate of drug-likeness (QED) is 0.167. The minimum atomic E-state index is 0. The molecule has 0 radical (unpaired) electrons. The Balaban J connectivity index is 0.00000320. The number of aromatic nitrogens is 4. The molecule has 7 nitrogen and oxygen atoms in total. The van der Waals surface area contributed by atoms with Gasteiger partial charge in [0.25, 0.3) is 0 Å². The van der Waals surface area contributed by atoms with Crippen molar-refractivity contribution in [2.24, 2.45) is 12.0 Å². The summed E-state index contributed by atoms with van der Waals surface area (Å²) in [5, 5.41) is 16.5. The highest BCUT2D eigenvalue weighted by Gasteiger charge is 2.07. The fourth-order valence-electron chi connectivity index (χ4n) is 3.22. The van der Waals surface area contributed by atoms with Crippen LogP contribution in [0.15, 0.2) is 29.4 Å². The molecule has 3 N–H and O–H groups in total. The van der Waals surface area contributed by atoms with Crippen molar-refractivity contribution in [1.29, 1.82) is 0 Å². The molecule has 0 saturated carbocycles. The summed E-state index contributed by atoms with van der Waals surface area (Å²) in [5.41, 5.74) is 3.82. The first-order chi connectivity index (χ1) is 14.1. The lowest BCUT2D eigenvalue weighted by atomic mass is 10.1. The highest BCUT2D eigenvalue weighted by Crippen LogP contribution is 2.21. The first-order valence-corrected chi connectivity index (χ1v) is 11.4. The zero-order valence-corrected chi connectivity index (χ0v) is 21.3. The molecule has 30 heavy (non-hydrogen) atoms. The largest absolute Gasteiger partial charge is 0.361 e. The Morgan fingerprint density at radius 1 is 1.20 bits per heavy atom. The highest BCUT2D eigenvalue weighted by molar-refractivity contribution is 14.0. The maximum atomic E-state index is 4.72. The van der Waals surface area contributed by atoms with Crippen molar-refractivity contribution >= 4 is 52.6 Å². The van der Waals surface area contributed by atoms with Crippen molar-refractivity contribution in [3.05, 3.63) is 47.2 Å². The summed E-state index contributed by atoms with van der Waals surface area (Å²) in [7, 11) is 1.97. The Labute approximate surface area is 199 Å². The van der Waals surface area contributed by atoms with Crippen LogP contribution in [0.3, 0.4) is 0 Å². The number of benzene rings is 1. The van der Waals surface area contributed by atoms with Gasteiger partial charge in [0.1, 0.15) is 12.4 Å². The van der Waals surface area contributed by atoms with E-state index in [0.717, 1.165) is 49.3 Å². The summed E-state index contributed by atoms with van der Waals surface area (Å²) >= 11 is 1.86. The second-order valence-corrected chi connectivity index (χ2v) is 8.13. The maximum Gasteiger partial charge on any atom is 0.191 e. The third kappa shape index (κ3) is 6.37. The van der Waals surface area contributed by atoms with Gasteiger partial charge in [0.05, 0.1) is 0 Å². The minimum absolute atomic E-state index is 0. The lowest BCUT2D eigenvalue weighted by Gasteiger charge is -2.12. The number of thioether (sulfide) groups is 1. The van der Waals surface area contributed by atoms with E-state index in [1.807, 2.05) is 30.3 Å². The molecule has 0 fully saturated rings. The maximum absolute atomic E-state index is 4.72. The van der Waals surface area contributed by atoms with E-state index >= 15 is 0 Å². The van der Waals surface area contributed by atoms with E-state index < -0.39 is 0 Å². The number of H-pyrrole nitrogens is 1. The first kappa shape index (κ1) is 24.5. The second-order valence-electron chi connectivity index (χ2n) is 7.15. The van der Waals surface area contributed by atoms with E-state index in [4.69, 9.17) is 4.99 Å². The summed E-state index contributed by atoms with van der Waals surface area (Å²) in [6.07, 6.45) is 6.28. The number of aliphatic imine (C=N–C) groups is 1. The van der Waals surface area contributed by atoms with Gasteiger partial charge in [-0.3, -0.25) is 0 Å². The number of halogens is 1. The van der Waals surface area contributed by atoms with Crippen molar-refractivity contribution in [3.63, 3.8) is 0 Å². The van der Waals surface area contributed by atoms with Gasteiger partial charge in [-0.2, -0.15) is 11.8 Å². The number of hydrogen-bond donors (Lipinski definition) is 3. The number of para-hydroxylation sites is 1. The van der Waals surface area contributed by atoms with E-state index in [2.05, 4.69) is 63.4 Å². The van der Waals surface area contributed by atoms with Gasteiger partial charge in [-0.15, -0.1) is 34.2 Å². The summed E-state index contributed by atoms with van der Waals surface area (Å²) in [6.45, 7) is 6.30. The molecular formula is C21H32IN7S. The summed E-state index contributed by atoms with van der Waals surface area (Å²) in [5.74, 6) is 3.71. The van der Waals surface area contributed by atoms with E-state index in [9.17, 15) is 0 Å². The molecule has 0 aliphatic carbocycles. The van der Waals surface area contributed by atoms with Gasteiger partial charge >= 0.3 is 0 Å². The molecule has 0 saturated heterocycles. The number of hydrogen-bond acceptors (Lipinski definition) is 4. The predicted octanol–water partition coefficient (Wildman–Crippen LogP) is 3.56. The minimum Gasteiger partial charge on any atom is -0.361 e. The number of fused-ring (bicyclic) bond motifs is 1. The van der Waals surface area contributed by atoms with Gasteiger partial charge < -0.3 is 20.2 Å². The topological polar surface area (TPSA) is 82.9 Å². The van der Waals surface area contributed by atoms with Crippen LogP contribution < -0.4 is 10.6 Å². The van der Waals surface area contributed by atoms with Crippen LogP contribution >= 0.6 is 35.7 Å². The molecule has 2 aromatic heterocycles. The SMILES string of the molecule is CSCCCNC(=NCc1nnc(C)n1C)NCCc1c[nH]c2c(C)cccc12.I. The van der Waals surface area contributed by atoms with Gasteiger partial charge in [0, 0.05) is 37.2 Å². The van der Waals surface area contributed by atoms with Crippen molar-refractivity contribution in [1.82, 2.24) is 30.4 Å². The van der Waals surface area contributed by atoms with Gasteiger partial charge in [0.2, 0.25) is 0 Å². The van der Waals surface area contributed by atoms with Crippen molar-refractivity contribution in [2.45, 2.75) is 33.2 Å². The van der Waals surface area contributed by atoms with Crippen LogP contribution in [0.25, 0.3) is 10.9 Å². The fourth-order valence-corrected chi connectivity index (χ4v) is 3.66. The van der Waals surface area contributed by atoms with Gasteiger partial charge in [0.15, 0.2) is 11.8 Å². The van der Waals surface area contributed by atoms with Crippen LogP contribution in [0.4, 0.5) is 0 Å². The zero-order valence-electron chi connectivity index (χ0n) is 18.2. The summed E-state index contributed by atoms with van der Waals surface area (Å²) < 4.78 is 1.98. The number of guanidine groups is 1. The Hall–Kier alpha value is -1.75. The molecule has 2 heterocycles. The Morgan fingerprint density at radius 2 is 2.00 bits per heavy atom. The normalized spacial score (nSPS) is 11.5. The van der Waals surface area contributed by atoms with Crippen LogP contribution in [0.1, 0.15) is 29.2 Å². The molecule has 3 aromatic rings. The molecular weight excluding hydrogens is 509 g/mol. The monoisotopic (exact) mass is 541 g/mol. The molecule has 0 aliphatic heterocycles. The predicted molar refractivity (Wildman–Crippen MR) is 138 cm³/mol. The lowest BCUT2D eigenvalue weighted by Crippen LogP contribution is -2.39. The van der Waals surface area contributed by atoms with E-state index in [1.54, 1.807) is 0 Å². The van der Waals surface area contributed by atoms with E-state index in [1.165, 1.54) is 22.0 Å². The molecule has 0 bridgehead atoms. The van der Waals surface area contributed by atoms with Crippen molar-refractivity contribution in [2.75, 3.05) is 25.1 Å². The molecule has 9 heteroatoms. The smallest absolute Gasteiger partial charge is 0.191 e. The molecule has 0 atom stereocenters. The van der Waals surface area contributed by atoms with Crippen LogP contribution in [0.5, 0.6) is 0 Å². The molecule has 164 valence electrons.